The molecular formula is C10H13FO2. The van der Waals surface area contributed by atoms with Gasteiger partial charge in [0.25, 0.3) is 0 Å². The minimum absolute atomic E-state index is 0.0931. The summed E-state index contributed by atoms with van der Waals surface area (Å²) >= 11 is 0. The molecule has 0 aromatic heterocycles. The second kappa shape index (κ2) is 3.64. The lowest BCUT2D eigenvalue weighted by Gasteiger charge is -2.09. The fourth-order valence-corrected chi connectivity index (χ4v) is 1.13. The van der Waals surface area contributed by atoms with E-state index in [4.69, 9.17) is 0 Å². The summed E-state index contributed by atoms with van der Waals surface area (Å²) in [4.78, 5) is 0. The van der Waals surface area contributed by atoms with Crippen LogP contribution in [0.5, 0.6) is 11.5 Å². The van der Waals surface area contributed by atoms with Crippen LogP contribution in [0.15, 0.2) is 12.1 Å². The number of phenols is 1. The van der Waals surface area contributed by atoms with Crippen LogP contribution in [0.1, 0.15) is 25.3 Å². The van der Waals surface area contributed by atoms with Crippen molar-refractivity contribution in [3.63, 3.8) is 0 Å². The molecule has 2 nitrogen and oxygen atoms in total. The van der Waals surface area contributed by atoms with Crippen molar-refractivity contribution in [1.82, 2.24) is 0 Å². The lowest BCUT2D eigenvalue weighted by atomic mass is 10.0. The minimum atomic E-state index is -0.522. The molecule has 0 saturated heterocycles. The highest BCUT2D eigenvalue weighted by Gasteiger charge is 2.11. The van der Waals surface area contributed by atoms with E-state index in [1.165, 1.54) is 19.2 Å². The van der Waals surface area contributed by atoms with Crippen LogP contribution in [-0.2, 0) is 0 Å². The van der Waals surface area contributed by atoms with E-state index in [2.05, 4.69) is 4.74 Å². The van der Waals surface area contributed by atoms with E-state index < -0.39 is 5.82 Å². The van der Waals surface area contributed by atoms with Gasteiger partial charge in [0.2, 0.25) is 0 Å². The van der Waals surface area contributed by atoms with Gasteiger partial charge in [-0.2, -0.15) is 0 Å². The first-order valence-electron chi connectivity index (χ1n) is 4.12. The Balaban J connectivity index is 3.20. The molecule has 0 amide bonds. The largest absolute Gasteiger partial charge is 0.504 e. The average molecular weight is 184 g/mol. The topological polar surface area (TPSA) is 29.5 Å². The van der Waals surface area contributed by atoms with Crippen molar-refractivity contribution >= 4 is 0 Å². The van der Waals surface area contributed by atoms with Gasteiger partial charge >= 0.3 is 0 Å². The SMILES string of the molecule is COc1c(O)cc(C(C)C)cc1F. The van der Waals surface area contributed by atoms with Crippen molar-refractivity contribution in [1.29, 1.82) is 0 Å². The molecule has 1 aromatic rings. The Morgan fingerprint density at radius 3 is 2.38 bits per heavy atom. The molecule has 0 heterocycles. The summed E-state index contributed by atoms with van der Waals surface area (Å²) < 4.78 is 17.9. The van der Waals surface area contributed by atoms with Gasteiger partial charge in [-0.15, -0.1) is 0 Å². The predicted octanol–water partition coefficient (Wildman–Crippen LogP) is 2.66. The van der Waals surface area contributed by atoms with Crippen LogP contribution >= 0.6 is 0 Å². The maximum Gasteiger partial charge on any atom is 0.196 e. The third-order valence-corrected chi connectivity index (χ3v) is 1.92. The van der Waals surface area contributed by atoms with E-state index in [1.807, 2.05) is 13.8 Å². The molecule has 13 heavy (non-hydrogen) atoms. The molecule has 0 saturated carbocycles. The van der Waals surface area contributed by atoms with Gasteiger partial charge in [-0.05, 0) is 23.6 Å². The second-order valence-electron chi connectivity index (χ2n) is 3.21. The molecule has 0 aliphatic heterocycles. The van der Waals surface area contributed by atoms with Gasteiger partial charge in [0.05, 0.1) is 7.11 Å². The van der Waals surface area contributed by atoms with E-state index in [9.17, 15) is 9.50 Å². The number of hydrogen-bond donors (Lipinski definition) is 1. The molecule has 0 unspecified atom stereocenters. The Morgan fingerprint density at radius 1 is 1.38 bits per heavy atom. The number of benzene rings is 1. The van der Waals surface area contributed by atoms with Crippen LogP contribution in [0.4, 0.5) is 4.39 Å². The first kappa shape index (κ1) is 9.84. The van der Waals surface area contributed by atoms with Crippen molar-refractivity contribution in [3.8, 4) is 11.5 Å². The number of ether oxygens (including phenoxy) is 1. The van der Waals surface area contributed by atoms with Crippen LogP contribution in [-0.4, -0.2) is 12.2 Å². The summed E-state index contributed by atoms with van der Waals surface area (Å²) in [5.41, 5.74) is 0.760. The third-order valence-electron chi connectivity index (χ3n) is 1.92. The molecule has 0 spiro atoms. The van der Waals surface area contributed by atoms with Gasteiger partial charge in [-0.3, -0.25) is 0 Å². The maximum absolute atomic E-state index is 13.2. The Kier molecular flexibility index (Phi) is 2.76. The molecule has 3 heteroatoms. The number of halogens is 1. The predicted molar refractivity (Wildman–Crippen MR) is 48.7 cm³/mol. The van der Waals surface area contributed by atoms with E-state index in [0.29, 0.717) is 0 Å². The lowest BCUT2D eigenvalue weighted by molar-refractivity contribution is 0.350. The molecule has 0 fully saturated rings. The van der Waals surface area contributed by atoms with Crippen molar-refractivity contribution < 1.29 is 14.2 Å². The lowest BCUT2D eigenvalue weighted by Crippen LogP contribution is -1.93. The minimum Gasteiger partial charge on any atom is -0.504 e. The highest BCUT2D eigenvalue weighted by Crippen LogP contribution is 2.32. The fraction of sp³-hybridized carbons (Fsp3) is 0.400. The zero-order valence-corrected chi connectivity index (χ0v) is 7.97. The van der Waals surface area contributed by atoms with Crippen LogP contribution in [0.3, 0.4) is 0 Å². The number of rotatable bonds is 2. The fourth-order valence-electron chi connectivity index (χ4n) is 1.13. The number of aromatic hydroxyl groups is 1. The molecule has 72 valence electrons. The van der Waals surface area contributed by atoms with E-state index in [0.717, 1.165) is 5.56 Å². The monoisotopic (exact) mass is 184 g/mol. The smallest absolute Gasteiger partial charge is 0.196 e. The molecule has 1 aromatic carbocycles. The summed E-state index contributed by atoms with van der Waals surface area (Å²) in [5.74, 6) is -0.576. The second-order valence-corrected chi connectivity index (χ2v) is 3.21. The van der Waals surface area contributed by atoms with E-state index >= 15 is 0 Å². The first-order chi connectivity index (χ1) is 6.06. The molecule has 1 N–H and O–H groups in total. The van der Waals surface area contributed by atoms with Gasteiger partial charge in [-0.1, -0.05) is 13.8 Å². The Morgan fingerprint density at radius 2 is 2.00 bits per heavy atom. The number of hydrogen-bond acceptors (Lipinski definition) is 2. The van der Waals surface area contributed by atoms with Crippen LogP contribution in [0.25, 0.3) is 0 Å². The molecule has 0 aliphatic carbocycles. The maximum atomic E-state index is 13.2. The Labute approximate surface area is 77.0 Å². The van der Waals surface area contributed by atoms with Gasteiger partial charge in [0.1, 0.15) is 0 Å². The molecule has 0 atom stereocenters. The third kappa shape index (κ3) is 1.91. The molecule has 0 aliphatic rings. The van der Waals surface area contributed by atoms with Crippen LogP contribution < -0.4 is 4.74 Å². The standard InChI is InChI=1S/C10H13FO2/c1-6(2)7-4-8(11)10(13-3)9(12)5-7/h4-6,12H,1-3H3. The van der Waals surface area contributed by atoms with Crippen molar-refractivity contribution in [2.75, 3.05) is 7.11 Å². The number of methoxy groups -OCH3 is 1. The van der Waals surface area contributed by atoms with Crippen molar-refractivity contribution in [2.45, 2.75) is 19.8 Å². The molecule has 0 bridgehead atoms. The highest BCUT2D eigenvalue weighted by atomic mass is 19.1. The number of phenolic OH excluding ortho intramolecular Hbond substituents is 1. The van der Waals surface area contributed by atoms with Crippen molar-refractivity contribution in [3.05, 3.63) is 23.5 Å². The zero-order valence-electron chi connectivity index (χ0n) is 7.97. The normalized spacial score (nSPS) is 10.5. The summed E-state index contributed by atoms with van der Waals surface area (Å²) in [6, 6.07) is 2.90. The van der Waals surface area contributed by atoms with Gasteiger partial charge in [0, 0.05) is 0 Å². The van der Waals surface area contributed by atoms with Gasteiger partial charge < -0.3 is 9.84 Å². The molecule has 1 rings (SSSR count). The summed E-state index contributed by atoms with van der Waals surface area (Å²) in [6.07, 6.45) is 0. The van der Waals surface area contributed by atoms with Gasteiger partial charge in [0.15, 0.2) is 17.3 Å². The zero-order chi connectivity index (χ0) is 10.0. The summed E-state index contributed by atoms with van der Waals surface area (Å²) in [7, 11) is 1.33. The first-order valence-corrected chi connectivity index (χ1v) is 4.12. The summed E-state index contributed by atoms with van der Waals surface area (Å²) in [6.45, 7) is 3.86. The van der Waals surface area contributed by atoms with E-state index in [1.54, 1.807) is 0 Å². The highest BCUT2D eigenvalue weighted by molar-refractivity contribution is 5.43. The molecular weight excluding hydrogens is 171 g/mol. The van der Waals surface area contributed by atoms with Gasteiger partial charge in [-0.25, -0.2) is 4.39 Å². The Bertz CT molecular complexity index is 285. The van der Waals surface area contributed by atoms with Crippen LogP contribution in [0.2, 0.25) is 0 Å². The van der Waals surface area contributed by atoms with E-state index in [-0.39, 0.29) is 17.4 Å². The Hall–Kier alpha value is -1.25. The van der Waals surface area contributed by atoms with Crippen LogP contribution in [0, 0.1) is 5.82 Å². The van der Waals surface area contributed by atoms with Crippen molar-refractivity contribution in [2.24, 2.45) is 0 Å². The quantitative estimate of drug-likeness (QED) is 0.765. The average Bonchev–Trinajstić information content (AvgIpc) is 2.03. The summed E-state index contributed by atoms with van der Waals surface area (Å²) in [5, 5.41) is 9.36. The molecule has 0 radical (unpaired) electrons.